The molecule has 0 spiro atoms. The lowest BCUT2D eigenvalue weighted by Crippen LogP contribution is -2.27. The van der Waals surface area contributed by atoms with Crippen molar-refractivity contribution in [1.29, 1.82) is 0 Å². The number of benzene rings is 2. The van der Waals surface area contributed by atoms with Crippen molar-refractivity contribution in [2.24, 2.45) is 0 Å². The number of nitrogens with zero attached hydrogens (tertiary/aromatic N) is 3. The van der Waals surface area contributed by atoms with E-state index in [9.17, 15) is 28.1 Å². The van der Waals surface area contributed by atoms with Gasteiger partial charge in [0.1, 0.15) is 0 Å². The predicted molar refractivity (Wildman–Crippen MR) is 118 cm³/mol. The van der Waals surface area contributed by atoms with Gasteiger partial charge in [0.2, 0.25) is 15.9 Å². The van der Waals surface area contributed by atoms with E-state index in [1.807, 2.05) is 0 Å². The maximum atomic E-state index is 12.7. The Morgan fingerprint density at radius 1 is 1.12 bits per heavy atom. The maximum Gasteiger partial charge on any atom is 0.419 e. The molecule has 174 valence electrons. The van der Waals surface area contributed by atoms with Gasteiger partial charge in [-0.25, -0.2) is 13.2 Å². The molecule has 1 aliphatic heterocycles. The van der Waals surface area contributed by atoms with Crippen molar-refractivity contribution in [3.63, 3.8) is 0 Å². The second-order valence-corrected chi connectivity index (χ2v) is 9.65. The first-order valence-electron chi connectivity index (χ1n) is 10.4. The second-order valence-electron chi connectivity index (χ2n) is 7.71. The highest BCUT2D eigenvalue weighted by Crippen LogP contribution is 2.24. The summed E-state index contributed by atoms with van der Waals surface area (Å²) in [4.78, 5) is 34.8. The van der Waals surface area contributed by atoms with Gasteiger partial charge in [0, 0.05) is 50.8 Å². The summed E-state index contributed by atoms with van der Waals surface area (Å²) in [5.41, 5.74) is 1.22. The third-order valence-corrected chi connectivity index (χ3v) is 7.44. The monoisotopic (exact) mass is 474 g/mol. The number of aryl methyl sites for hydroxylation is 1. The van der Waals surface area contributed by atoms with Gasteiger partial charge in [-0.3, -0.25) is 19.5 Å². The third-order valence-electron chi connectivity index (χ3n) is 5.54. The van der Waals surface area contributed by atoms with Gasteiger partial charge >= 0.3 is 5.76 Å². The van der Waals surface area contributed by atoms with E-state index in [1.165, 1.54) is 39.2 Å². The first-order chi connectivity index (χ1) is 15.8. The minimum atomic E-state index is -3.64. The van der Waals surface area contributed by atoms with E-state index in [-0.39, 0.29) is 41.6 Å². The molecule has 0 bridgehead atoms. The lowest BCUT2D eigenvalue weighted by molar-refractivity contribution is -0.384. The second kappa shape index (κ2) is 9.16. The quantitative estimate of drug-likeness (QED) is 0.388. The van der Waals surface area contributed by atoms with E-state index < -0.39 is 20.7 Å². The van der Waals surface area contributed by atoms with Crippen molar-refractivity contribution in [1.82, 2.24) is 14.2 Å². The average Bonchev–Trinajstić information content (AvgIpc) is 3.44. The molecule has 1 fully saturated rings. The first-order valence-corrected chi connectivity index (χ1v) is 11.8. The molecule has 11 nitrogen and oxygen atoms in total. The largest absolute Gasteiger partial charge is 0.419 e. The Kier molecular flexibility index (Phi) is 6.29. The number of nitro benzene ring substituents is 1. The van der Waals surface area contributed by atoms with Crippen molar-refractivity contribution < 1.29 is 22.6 Å². The van der Waals surface area contributed by atoms with Crippen molar-refractivity contribution in [2.75, 3.05) is 13.1 Å². The van der Waals surface area contributed by atoms with Crippen molar-refractivity contribution in [2.45, 2.75) is 37.2 Å². The van der Waals surface area contributed by atoms with E-state index in [1.54, 1.807) is 12.1 Å². The Bertz CT molecular complexity index is 1350. The van der Waals surface area contributed by atoms with Crippen LogP contribution in [0.3, 0.4) is 0 Å². The number of nitro groups is 1. The van der Waals surface area contributed by atoms with Crippen LogP contribution in [0.5, 0.6) is 0 Å². The summed E-state index contributed by atoms with van der Waals surface area (Å²) >= 11 is 0. The summed E-state index contributed by atoms with van der Waals surface area (Å²) < 4.78 is 33.4. The lowest BCUT2D eigenvalue weighted by Gasteiger charge is -2.15. The number of hydrogen-bond donors (Lipinski definition) is 1. The summed E-state index contributed by atoms with van der Waals surface area (Å²) in [6, 6.07) is 10.1. The van der Waals surface area contributed by atoms with Gasteiger partial charge in [-0.15, -0.1) is 0 Å². The molecule has 2 heterocycles. The number of carbonyl (C=O) groups is 1. The van der Waals surface area contributed by atoms with Gasteiger partial charge < -0.3 is 9.73 Å². The molecule has 2 aromatic carbocycles. The number of aromatic nitrogens is 1. The number of amides is 1. The molecule has 1 N–H and O–H groups in total. The highest BCUT2D eigenvalue weighted by molar-refractivity contribution is 7.89. The molecule has 0 unspecified atom stereocenters. The van der Waals surface area contributed by atoms with Gasteiger partial charge in [-0.05, 0) is 30.5 Å². The zero-order valence-corrected chi connectivity index (χ0v) is 18.4. The average molecular weight is 474 g/mol. The fourth-order valence-corrected chi connectivity index (χ4v) is 5.27. The lowest BCUT2D eigenvalue weighted by atomic mass is 10.2. The van der Waals surface area contributed by atoms with Crippen molar-refractivity contribution >= 4 is 32.7 Å². The number of fused-ring (bicyclic) bond motifs is 1. The molecule has 4 rings (SSSR count). The highest BCUT2D eigenvalue weighted by Gasteiger charge is 2.28. The normalized spacial score (nSPS) is 14.5. The Labute approximate surface area is 188 Å². The Hall–Kier alpha value is -3.51. The number of oxazole rings is 1. The molecule has 1 aliphatic rings. The minimum absolute atomic E-state index is 0.00461. The molecule has 0 atom stereocenters. The molecule has 0 radical (unpaired) electrons. The number of nitrogens with one attached hydrogen (secondary N) is 1. The summed E-state index contributed by atoms with van der Waals surface area (Å²) in [6.07, 6.45) is 1.63. The number of hydrogen-bond acceptors (Lipinski definition) is 7. The van der Waals surface area contributed by atoms with Crippen LogP contribution in [0, 0.1) is 10.1 Å². The van der Waals surface area contributed by atoms with Gasteiger partial charge in [0.05, 0.1) is 15.3 Å². The van der Waals surface area contributed by atoms with E-state index in [0.717, 1.165) is 12.8 Å². The molecule has 12 heteroatoms. The summed E-state index contributed by atoms with van der Waals surface area (Å²) in [7, 11) is -3.64. The van der Waals surface area contributed by atoms with Crippen LogP contribution in [0.4, 0.5) is 5.69 Å². The number of non-ortho nitro benzene ring substituents is 1. The van der Waals surface area contributed by atoms with Crippen LogP contribution < -0.4 is 11.1 Å². The van der Waals surface area contributed by atoms with Gasteiger partial charge in [-0.2, -0.15) is 4.31 Å². The number of carbonyl (C=O) groups excluding carboxylic acids is 1. The molecule has 1 saturated heterocycles. The molecular formula is C21H22N4O7S. The Morgan fingerprint density at radius 2 is 1.82 bits per heavy atom. The zero-order valence-electron chi connectivity index (χ0n) is 17.6. The Morgan fingerprint density at radius 3 is 2.48 bits per heavy atom. The molecule has 3 aromatic rings. The number of sulfonamides is 1. The van der Waals surface area contributed by atoms with Crippen LogP contribution in [0.1, 0.15) is 24.8 Å². The van der Waals surface area contributed by atoms with Gasteiger partial charge in [0.15, 0.2) is 5.58 Å². The van der Waals surface area contributed by atoms with Crippen molar-refractivity contribution in [3.05, 3.63) is 68.7 Å². The van der Waals surface area contributed by atoms with Gasteiger partial charge in [-0.1, -0.05) is 12.1 Å². The molecule has 1 aromatic heterocycles. The Balaban J connectivity index is 1.41. The SMILES string of the molecule is O=C(CCn1c(=O)oc2cc(S(=O)(=O)N3CCCC3)ccc21)NCc1ccc([N+](=O)[O-])cc1. The fraction of sp³-hybridized carbons (Fsp3) is 0.333. The van der Waals surface area contributed by atoms with Crippen LogP contribution in [-0.2, 0) is 27.9 Å². The van der Waals surface area contributed by atoms with Crippen LogP contribution >= 0.6 is 0 Å². The first kappa shape index (κ1) is 22.7. The van der Waals surface area contributed by atoms with Gasteiger partial charge in [0.25, 0.3) is 5.69 Å². The molecule has 1 amide bonds. The minimum Gasteiger partial charge on any atom is -0.408 e. The number of rotatable bonds is 8. The maximum absolute atomic E-state index is 12.7. The third kappa shape index (κ3) is 4.81. The highest BCUT2D eigenvalue weighted by atomic mass is 32.2. The van der Waals surface area contributed by atoms with Crippen LogP contribution in [0.25, 0.3) is 11.1 Å². The van der Waals surface area contributed by atoms with Crippen LogP contribution in [-0.4, -0.2) is 41.2 Å². The summed E-state index contributed by atoms with van der Waals surface area (Å²) in [5, 5.41) is 13.4. The van der Waals surface area contributed by atoms with E-state index >= 15 is 0 Å². The van der Waals surface area contributed by atoms with E-state index in [4.69, 9.17) is 4.42 Å². The van der Waals surface area contributed by atoms with E-state index in [0.29, 0.717) is 24.2 Å². The van der Waals surface area contributed by atoms with E-state index in [2.05, 4.69) is 5.32 Å². The molecular weight excluding hydrogens is 452 g/mol. The molecule has 33 heavy (non-hydrogen) atoms. The van der Waals surface area contributed by atoms with Crippen molar-refractivity contribution in [3.8, 4) is 0 Å². The fourth-order valence-electron chi connectivity index (χ4n) is 3.73. The zero-order chi connectivity index (χ0) is 23.6. The van der Waals surface area contributed by atoms with Crippen LogP contribution in [0.2, 0.25) is 0 Å². The standard InChI is InChI=1S/C21H22N4O7S/c26-20(22-14-15-3-5-16(6-4-15)25(28)29)9-12-24-18-8-7-17(13-19(18)32-21(24)27)33(30,31)23-10-1-2-11-23/h3-8,13H,1-2,9-12,14H2,(H,22,26). The molecule has 0 saturated carbocycles. The predicted octanol–water partition coefficient (Wildman–Crippen LogP) is 1.99. The van der Waals surface area contributed by atoms with Crippen LogP contribution in [0.15, 0.2) is 56.6 Å². The summed E-state index contributed by atoms with van der Waals surface area (Å²) in [6.45, 7) is 1.19. The smallest absolute Gasteiger partial charge is 0.408 e. The summed E-state index contributed by atoms with van der Waals surface area (Å²) in [5.74, 6) is -0.994. The molecule has 0 aliphatic carbocycles. The topological polar surface area (TPSA) is 145 Å².